The Morgan fingerprint density at radius 2 is 2.21 bits per heavy atom. The Morgan fingerprint density at radius 3 is 3.00 bits per heavy atom. The summed E-state index contributed by atoms with van der Waals surface area (Å²) in [6, 6.07) is 2.03. The van der Waals surface area contributed by atoms with E-state index in [0.717, 1.165) is 54.5 Å². The van der Waals surface area contributed by atoms with Crippen molar-refractivity contribution in [1.29, 1.82) is 0 Å². The zero-order valence-corrected chi connectivity index (χ0v) is 13.4. The summed E-state index contributed by atoms with van der Waals surface area (Å²) in [7, 11) is 0. The van der Waals surface area contributed by atoms with Gasteiger partial charge in [0.15, 0.2) is 0 Å². The van der Waals surface area contributed by atoms with Crippen LogP contribution < -0.4 is 11.1 Å². The molecule has 8 nitrogen and oxygen atoms in total. The summed E-state index contributed by atoms with van der Waals surface area (Å²) in [5.74, 6) is 0.848. The summed E-state index contributed by atoms with van der Waals surface area (Å²) in [6.45, 7) is 0.777. The van der Waals surface area contributed by atoms with Gasteiger partial charge >= 0.3 is 0 Å². The number of amides is 1. The van der Waals surface area contributed by atoms with Gasteiger partial charge in [-0.25, -0.2) is 9.50 Å². The molecule has 1 amide bonds. The number of carbonyl (C=O) groups excluding carboxylic acids is 1. The zero-order chi connectivity index (χ0) is 16.5. The molecular formula is C16H21N7O. The molecule has 1 aliphatic rings. The Balaban J connectivity index is 1.51. The summed E-state index contributed by atoms with van der Waals surface area (Å²) in [6.07, 6.45) is 7.88. The lowest BCUT2D eigenvalue weighted by atomic mass is 9.80. The minimum atomic E-state index is -0.0798. The third-order valence-corrected chi connectivity index (χ3v) is 5.00. The van der Waals surface area contributed by atoms with Crippen molar-refractivity contribution >= 4 is 22.5 Å². The van der Waals surface area contributed by atoms with Gasteiger partial charge < -0.3 is 16.0 Å². The number of nitrogens with one attached hydrogen (secondary N) is 2. The second kappa shape index (κ2) is 6.20. The molecule has 4 N–H and O–H groups in total. The Bertz CT molecular complexity index is 860. The molecule has 126 valence electrons. The Kier molecular flexibility index (Phi) is 3.89. The van der Waals surface area contributed by atoms with Crippen LogP contribution in [0.3, 0.4) is 0 Å². The number of rotatable bonds is 4. The van der Waals surface area contributed by atoms with E-state index in [1.807, 2.05) is 12.3 Å². The van der Waals surface area contributed by atoms with E-state index in [1.165, 1.54) is 0 Å². The number of hydrogen-bond donors (Lipinski definition) is 3. The largest absolute Gasteiger partial charge is 0.355 e. The lowest BCUT2D eigenvalue weighted by Crippen LogP contribution is -2.35. The van der Waals surface area contributed by atoms with Crippen molar-refractivity contribution in [2.45, 2.75) is 31.6 Å². The fraction of sp³-hybridized carbons (Fsp3) is 0.500. The summed E-state index contributed by atoms with van der Waals surface area (Å²) >= 11 is 0. The Hall–Kier alpha value is -2.48. The minimum absolute atomic E-state index is 0.0579. The van der Waals surface area contributed by atoms with Crippen LogP contribution in [0.5, 0.6) is 0 Å². The van der Waals surface area contributed by atoms with Crippen LogP contribution in [0.4, 0.5) is 0 Å². The van der Waals surface area contributed by atoms with Crippen LogP contribution in [0.15, 0.2) is 18.6 Å². The maximum atomic E-state index is 11.3. The van der Waals surface area contributed by atoms with E-state index in [-0.39, 0.29) is 12.5 Å². The highest BCUT2D eigenvalue weighted by Crippen LogP contribution is 2.37. The van der Waals surface area contributed by atoms with Crippen LogP contribution in [-0.2, 0) is 4.79 Å². The summed E-state index contributed by atoms with van der Waals surface area (Å²) in [5.41, 5.74) is 8.31. The second-order valence-electron chi connectivity index (χ2n) is 6.48. The van der Waals surface area contributed by atoms with Crippen molar-refractivity contribution in [3.8, 4) is 0 Å². The van der Waals surface area contributed by atoms with Gasteiger partial charge in [0.05, 0.1) is 12.2 Å². The van der Waals surface area contributed by atoms with E-state index < -0.39 is 0 Å². The SMILES string of the molecule is NCC(=O)NC[C@H]1CC[C@H](c2nnn3cnc4[nH]ccc4c23)CC1. The molecule has 3 aromatic heterocycles. The molecule has 0 unspecified atom stereocenters. The molecule has 1 aliphatic carbocycles. The average Bonchev–Trinajstić information content (AvgIpc) is 3.25. The highest BCUT2D eigenvalue weighted by atomic mass is 16.1. The molecule has 3 heterocycles. The molecule has 8 heteroatoms. The highest BCUT2D eigenvalue weighted by molar-refractivity contribution is 5.92. The van der Waals surface area contributed by atoms with Crippen LogP contribution in [-0.4, -0.2) is 43.8 Å². The molecule has 0 spiro atoms. The molecule has 0 radical (unpaired) electrons. The van der Waals surface area contributed by atoms with E-state index >= 15 is 0 Å². The summed E-state index contributed by atoms with van der Waals surface area (Å²) in [4.78, 5) is 18.8. The van der Waals surface area contributed by atoms with Crippen LogP contribution in [0.2, 0.25) is 0 Å². The lowest BCUT2D eigenvalue weighted by molar-refractivity contribution is -0.119. The van der Waals surface area contributed by atoms with Crippen molar-refractivity contribution in [2.24, 2.45) is 11.7 Å². The van der Waals surface area contributed by atoms with E-state index in [1.54, 1.807) is 10.8 Å². The second-order valence-corrected chi connectivity index (χ2v) is 6.48. The molecular weight excluding hydrogens is 306 g/mol. The van der Waals surface area contributed by atoms with Gasteiger partial charge in [0.1, 0.15) is 17.5 Å². The number of H-pyrrole nitrogens is 1. The average molecular weight is 327 g/mol. The zero-order valence-electron chi connectivity index (χ0n) is 13.4. The van der Waals surface area contributed by atoms with E-state index in [9.17, 15) is 4.79 Å². The number of hydrogen-bond acceptors (Lipinski definition) is 5. The molecule has 1 fully saturated rings. The van der Waals surface area contributed by atoms with Crippen LogP contribution in [0, 0.1) is 5.92 Å². The van der Waals surface area contributed by atoms with E-state index in [4.69, 9.17) is 5.73 Å². The quantitative estimate of drug-likeness (QED) is 0.660. The molecule has 0 aromatic carbocycles. The van der Waals surface area contributed by atoms with Gasteiger partial charge in [-0.3, -0.25) is 4.79 Å². The van der Waals surface area contributed by atoms with Crippen molar-refractivity contribution in [1.82, 2.24) is 30.1 Å². The number of carbonyl (C=O) groups is 1. The molecule has 1 saturated carbocycles. The first-order valence-corrected chi connectivity index (χ1v) is 8.40. The van der Waals surface area contributed by atoms with E-state index in [0.29, 0.717) is 11.8 Å². The first-order chi connectivity index (χ1) is 11.8. The first-order valence-electron chi connectivity index (χ1n) is 8.40. The predicted octanol–water partition coefficient (Wildman–Crippen LogP) is 0.954. The van der Waals surface area contributed by atoms with Gasteiger partial charge in [0.2, 0.25) is 5.91 Å². The molecule has 24 heavy (non-hydrogen) atoms. The molecule has 0 atom stereocenters. The number of aromatic nitrogens is 5. The Morgan fingerprint density at radius 1 is 1.38 bits per heavy atom. The predicted molar refractivity (Wildman–Crippen MR) is 89.4 cm³/mol. The van der Waals surface area contributed by atoms with Gasteiger partial charge in [0, 0.05) is 24.0 Å². The normalized spacial score (nSPS) is 21.4. The molecule has 3 aromatic rings. The monoisotopic (exact) mass is 327 g/mol. The number of aromatic amines is 1. The third kappa shape index (κ3) is 2.62. The van der Waals surface area contributed by atoms with Gasteiger partial charge in [-0.05, 0) is 37.7 Å². The molecule has 0 bridgehead atoms. The summed E-state index contributed by atoms with van der Waals surface area (Å²) < 4.78 is 1.76. The van der Waals surface area contributed by atoms with Crippen molar-refractivity contribution in [3.05, 3.63) is 24.3 Å². The molecule has 4 rings (SSSR count). The number of fused-ring (bicyclic) bond motifs is 3. The lowest BCUT2D eigenvalue weighted by Gasteiger charge is -2.27. The van der Waals surface area contributed by atoms with Crippen LogP contribution in [0.1, 0.15) is 37.3 Å². The smallest absolute Gasteiger partial charge is 0.233 e. The number of nitrogens with zero attached hydrogens (tertiary/aromatic N) is 4. The van der Waals surface area contributed by atoms with Crippen LogP contribution >= 0.6 is 0 Å². The van der Waals surface area contributed by atoms with Crippen LogP contribution in [0.25, 0.3) is 16.6 Å². The summed E-state index contributed by atoms with van der Waals surface area (Å²) in [5, 5.41) is 12.6. The standard InChI is InChI=1S/C16H21N7O/c17-7-13(24)19-8-10-1-3-11(4-2-10)14-15-12-5-6-18-16(12)20-9-23(15)22-21-14/h5-6,9-11,18H,1-4,7-8,17H2,(H,19,24)/t10-,11-. The minimum Gasteiger partial charge on any atom is -0.355 e. The highest BCUT2D eigenvalue weighted by Gasteiger charge is 2.27. The molecule has 0 saturated heterocycles. The molecule has 0 aliphatic heterocycles. The van der Waals surface area contributed by atoms with Gasteiger partial charge in [-0.2, -0.15) is 0 Å². The maximum absolute atomic E-state index is 11.3. The Labute approximate surface area is 138 Å². The van der Waals surface area contributed by atoms with Gasteiger partial charge in [-0.15, -0.1) is 5.10 Å². The topological polar surface area (TPSA) is 114 Å². The van der Waals surface area contributed by atoms with Crippen molar-refractivity contribution in [3.63, 3.8) is 0 Å². The first kappa shape index (κ1) is 15.1. The van der Waals surface area contributed by atoms with Crippen molar-refractivity contribution in [2.75, 3.05) is 13.1 Å². The third-order valence-electron chi connectivity index (χ3n) is 5.00. The maximum Gasteiger partial charge on any atom is 0.233 e. The van der Waals surface area contributed by atoms with Crippen molar-refractivity contribution < 1.29 is 4.79 Å². The fourth-order valence-corrected chi connectivity index (χ4v) is 3.66. The van der Waals surface area contributed by atoms with Gasteiger partial charge in [0.25, 0.3) is 0 Å². The van der Waals surface area contributed by atoms with E-state index in [2.05, 4.69) is 25.6 Å². The van der Waals surface area contributed by atoms with Gasteiger partial charge in [-0.1, -0.05) is 5.21 Å². The fourth-order valence-electron chi connectivity index (χ4n) is 3.66. The number of nitrogens with two attached hydrogens (primary N) is 1.